The number of carbonyl (C=O) groups excluding carboxylic acids is 2. The standard InChI is InChI=1S/C46H74NO11P/c1-3-5-7-9-11-13-15-17-18-19-20-22-24-26-28-30-32-36-45(50)58-42(39-56-59(53,54)57-40-43(47)46(51)52)38-55-44(49)37-33-35-41(48)34-31-29-27-25-23-21-16-14-12-10-8-6-4-2/h11-14,17-18,20-23,26-29,31,34,41-43,48H,3-10,15-16,19,24-25,30,32-33,35-40,47H2,1-2H3,(H,51,52)(H,53,54)/b13-11-,14-12-,18-17-,22-20-,23-21-,28-26-,29-27-,34-31+/t41-,42-,43+/m1/s1. The molecule has 0 fully saturated rings. The summed E-state index contributed by atoms with van der Waals surface area (Å²) in [5.74, 6) is -2.69. The first-order chi connectivity index (χ1) is 28.5. The highest BCUT2D eigenvalue weighted by atomic mass is 31.2. The van der Waals surface area contributed by atoms with Crippen molar-refractivity contribution in [3.63, 3.8) is 0 Å². The van der Waals surface area contributed by atoms with Crippen LogP contribution in [0, 0.1) is 0 Å². The highest BCUT2D eigenvalue weighted by molar-refractivity contribution is 7.47. The normalized spacial score (nSPS) is 15.2. The zero-order valence-electron chi connectivity index (χ0n) is 35.7. The zero-order chi connectivity index (χ0) is 43.7. The lowest BCUT2D eigenvalue weighted by Gasteiger charge is -2.20. The number of hydrogen-bond donors (Lipinski definition) is 4. The van der Waals surface area contributed by atoms with E-state index >= 15 is 0 Å². The van der Waals surface area contributed by atoms with Crippen molar-refractivity contribution < 1.29 is 52.6 Å². The smallest absolute Gasteiger partial charge is 0.472 e. The van der Waals surface area contributed by atoms with E-state index in [1.807, 2.05) is 24.3 Å². The lowest BCUT2D eigenvalue weighted by molar-refractivity contribution is -0.161. The van der Waals surface area contributed by atoms with E-state index < -0.39 is 63.8 Å². The number of aliphatic hydroxyl groups is 1. The quantitative estimate of drug-likeness (QED) is 0.0151. The summed E-state index contributed by atoms with van der Waals surface area (Å²) in [4.78, 5) is 45.9. The number of aliphatic hydroxyl groups excluding tert-OH is 1. The molecule has 0 aromatic heterocycles. The molecule has 0 amide bonds. The molecular weight excluding hydrogens is 773 g/mol. The molecule has 4 atom stereocenters. The number of phosphoric ester groups is 1. The van der Waals surface area contributed by atoms with Crippen LogP contribution in [0.1, 0.15) is 136 Å². The molecule has 0 rings (SSSR count). The molecule has 59 heavy (non-hydrogen) atoms. The first-order valence-corrected chi connectivity index (χ1v) is 22.9. The Morgan fingerprint density at radius 2 is 1.08 bits per heavy atom. The fraction of sp³-hybridized carbons (Fsp3) is 0.587. The van der Waals surface area contributed by atoms with Gasteiger partial charge in [0.05, 0.1) is 19.3 Å². The van der Waals surface area contributed by atoms with Crippen LogP contribution in [0.4, 0.5) is 0 Å². The topological polar surface area (TPSA) is 192 Å². The molecule has 0 aromatic carbocycles. The second-order valence-corrected chi connectivity index (χ2v) is 15.4. The van der Waals surface area contributed by atoms with E-state index in [9.17, 15) is 28.9 Å². The molecule has 1 unspecified atom stereocenters. The number of carboxylic acids is 1. The van der Waals surface area contributed by atoms with Gasteiger partial charge in [-0.1, -0.05) is 137 Å². The number of rotatable bonds is 38. The SMILES string of the molecule is CCCCC/C=C\C/C=C\C/C=C\C=C\[C@@H](O)CCCC(=O)OC[C@H](COP(=O)(O)OC[C@H](N)C(=O)O)OC(=O)CCC/C=C\C/C=C\C/C=C\C/C=C\CCCCC. The monoisotopic (exact) mass is 847 g/mol. The number of esters is 2. The Morgan fingerprint density at radius 3 is 1.61 bits per heavy atom. The van der Waals surface area contributed by atoms with Gasteiger partial charge in [-0.3, -0.25) is 23.4 Å². The second kappa shape index (κ2) is 39.8. The van der Waals surface area contributed by atoms with E-state index in [0.29, 0.717) is 25.7 Å². The molecule has 0 radical (unpaired) electrons. The van der Waals surface area contributed by atoms with E-state index in [-0.39, 0.29) is 12.8 Å². The van der Waals surface area contributed by atoms with Crippen LogP contribution < -0.4 is 5.73 Å². The number of phosphoric acid groups is 1. The molecule has 0 spiro atoms. The molecule has 13 heteroatoms. The summed E-state index contributed by atoms with van der Waals surface area (Å²) in [5, 5.41) is 19.1. The third-order valence-corrected chi connectivity index (χ3v) is 9.36. The van der Waals surface area contributed by atoms with Crippen molar-refractivity contribution in [3.05, 3.63) is 97.2 Å². The van der Waals surface area contributed by atoms with Gasteiger partial charge in [-0.15, -0.1) is 0 Å². The van der Waals surface area contributed by atoms with Gasteiger partial charge in [0.25, 0.3) is 0 Å². The lowest BCUT2D eigenvalue weighted by Crippen LogP contribution is -2.34. The fourth-order valence-electron chi connectivity index (χ4n) is 4.98. The predicted octanol–water partition coefficient (Wildman–Crippen LogP) is 10.2. The Kier molecular flexibility index (Phi) is 37.3. The molecular formula is C46H74NO11P. The molecule has 0 bridgehead atoms. The largest absolute Gasteiger partial charge is 0.480 e. The minimum Gasteiger partial charge on any atom is -0.480 e. The van der Waals surface area contributed by atoms with Gasteiger partial charge in [0.2, 0.25) is 0 Å². The van der Waals surface area contributed by atoms with Crippen LogP contribution >= 0.6 is 7.82 Å². The maximum absolute atomic E-state index is 12.6. The van der Waals surface area contributed by atoms with Crippen LogP contribution in [-0.2, 0) is 37.5 Å². The number of allylic oxidation sites excluding steroid dienone is 15. The lowest BCUT2D eigenvalue weighted by atomic mass is 10.1. The molecule has 0 aromatic rings. The number of ether oxygens (including phenoxy) is 2. The molecule has 0 saturated heterocycles. The van der Waals surface area contributed by atoms with Crippen molar-refractivity contribution in [1.29, 1.82) is 0 Å². The van der Waals surface area contributed by atoms with Crippen molar-refractivity contribution in [1.82, 2.24) is 0 Å². The van der Waals surface area contributed by atoms with Crippen LogP contribution in [0.2, 0.25) is 0 Å². The Morgan fingerprint density at radius 1 is 0.610 bits per heavy atom. The van der Waals surface area contributed by atoms with E-state index in [2.05, 4.69) is 79.1 Å². The first kappa shape index (κ1) is 55.4. The molecule has 0 aliphatic carbocycles. The summed E-state index contributed by atoms with van der Waals surface area (Å²) in [6.07, 6.45) is 46.5. The second-order valence-electron chi connectivity index (χ2n) is 14.0. The van der Waals surface area contributed by atoms with Crippen molar-refractivity contribution >= 4 is 25.7 Å². The van der Waals surface area contributed by atoms with E-state index in [0.717, 1.165) is 44.9 Å². The van der Waals surface area contributed by atoms with Gasteiger partial charge in [0, 0.05) is 12.8 Å². The molecule has 5 N–H and O–H groups in total. The van der Waals surface area contributed by atoms with E-state index in [1.54, 1.807) is 12.2 Å². The third kappa shape index (κ3) is 39.6. The summed E-state index contributed by atoms with van der Waals surface area (Å²) in [5.41, 5.74) is 5.31. The minimum absolute atomic E-state index is 0.0239. The number of hydrogen-bond acceptors (Lipinski definition) is 10. The molecule has 334 valence electrons. The van der Waals surface area contributed by atoms with Gasteiger partial charge in [-0.05, 0) is 83.5 Å². The van der Waals surface area contributed by atoms with Gasteiger partial charge in [-0.25, -0.2) is 4.57 Å². The number of carboxylic acid groups (broad SMARTS) is 1. The van der Waals surface area contributed by atoms with E-state index in [1.165, 1.54) is 38.5 Å². The van der Waals surface area contributed by atoms with Crippen molar-refractivity contribution in [3.8, 4) is 0 Å². The molecule has 0 heterocycles. The summed E-state index contributed by atoms with van der Waals surface area (Å²) in [7, 11) is -4.78. The van der Waals surface area contributed by atoms with Crippen LogP contribution in [-0.4, -0.2) is 71.1 Å². The molecule has 0 aliphatic rings. The number of aliphatic carboxylic acids is 1. The average molecular weight is 848 g/mol. The number of carbonyl (C=O) groups is 3. The van der Waals surface area contributed by atoms with Crippen LogP contribution in [0.3, 0.4) is 0 Å². The maximum Gasteiger partial charge on any atom is 0.472 e. The highest BCUT2D eigenvalue weighted by Crippen LogP contribution is 2.43. The van der Waals surface area contributed by atoms with Crippen LogP contribution in [0.15, 0.2) is 97.2 Å². The average Bonchev–Trinajstić information content (AvgIpc) is 3.20. The number of nitrogens with two attached hydrogens (primary N) is 1. The Hall–Kier alpha value is -3.64. The molecule has 0 aliphatic heterocycles. The van der Waals surface area contributed by atoms with Gasteiger partial charge in [-0.2, -0.15) is 0 Å². The van der Waals surface area contributed by atoms with Gasteiger partial charge in [0.1, 0.15) is 12.6 Å². The third-order valence-electron chi connectivity index (χ3n) is 8.41. The van der Waals surface area contributed by atoms with Gasteiger partial charge >= 0.3 is 25.7 Å². The van der Waals surface area contributed by atoms with E-state index in [4.69, 9.17) is 24.8 Å². The predicted molar refractivity (Wildman–Crippen MR) is 236 cm³/mol. The van der Waals surface area contributed by atoms with Crippen molar-refractivity contribution in [2.75, 3.05) is 19.8 Å². The maximum atomic E-state index is 12.6. The number of unbranched alkanes of at least 4 members (excludes halogenated alkanes) is 7. The van der Waals surface area contributed by atoms with Gasteiger partial charge in [0.15, 0.2) is 6.10 Å². The molecule has 12 nitrogen and oxygen atoms in total. The fourth-order valence-corrected chi connectivity index (χ4v) is 5.76. The summed E-state index contributed by atoms with van der Waals surface area (Å²) < 4.78 is 32.5. The Labute approximate surface area is 354 Å². The van der Waals surface area contributed by atoms with Crippen molar-refractivity contribution in [2.45, 2.75) is 154 Å². The van der Waals surface area contributed by atoms with Gasteiger partial charge < -0.3 is 30.3 Å². The summed E-state index contributed by atoms with van der Waals surface area (Å²) >= 11 is 0. The summed E-state index contributed by atoms with van der Waals surface area (Å²) in [6, 6.07) is -1.56. The highest BCUT2D eigenvalue weighted by Gasteiger charge is 2.28. The Bertz CT molecular complexity index is 1380. The van der Waals surface area contributed by atoms with Crippen LogP contribution in [0.5, 0.6) is 0 Å². The molecule has 0 saturated carbocycles. The van der Waals surface area contributed by atoms with Crippen LogP contribution in [0.25, 0.3) is 0 Å². The zero-order valence-corrected chi connectivity index (χ0v) is 36.6. The first-order valence-electron chi connectivity index (χ1n) is 21.4. The minimum atomic E-state index is -4.78. The summed E-state index contributed by atoms with van der Waals surface area (Å²) in [6.45, 7) is 2.47. The Balaban J connectivity index is 4.69. The van der Waals surface area contributed by atoms with Crippen molar-refractivity contribution in [2.24, 2.45) is 5.73 Å².